The van der Waals surface area contributed by atoms with Crippen LogP contribution < -0.4 is 15.8 Å². The minimum Gasteiger partial charge on any atom is -0.492 e. The topological polar surface area (TPSA) is 102 Å². The number of carbonyl (C=O) groups is 1. The largest absolute Gasteiger partial charge is 0.492 e. The normalized spacial score (nSPS) is 24.6. The Kier molecular flexibility index (Phi) is 6.41. The Morgan fingerprint density at radius 3 is 2.64 bits per heavy atom. The maximum atomic E-state index is 12.9. The van der Waals surface area contributed by atoms with Crippen LogP contribution in [0.25, 0.3) is 0 Å². The van der Waals surface area contributed by atoms with E-state index in [2.05, 4.69) is 10.2 Å². The van der Waals surface area contributed by atoms with Crippen LogP contribution in [0.4, 0.5) is 5.69 Å². The van der Waals surface area contributed by atoms with Crippen molar-refractivity contribution in [1.82, 2.24) is 10.2 Å². The quantitative estimate of drug-likeness (QED) is 0.642. The third-order valence-electron chi connectivity index (χ3n) is 5.60. The fraction of sp³-hybridized carbons (Fsp3) is 0.632. The molecule has 2 saturated heterocycles. The van der Waals surface area contributed by atoms with Gasteiger partial charge >= 0.3 is 0 Å². The minimum atomic E-state index is -3.17. The lowest BCUT2D eigenvalue weighted by atomic mass is 9.73. The first-order valence-corrected chi connectivity index (χ1v) is 12.0. The molecule has 1 aromatic carbocycles. The second-order valence-corrected chi connectivity index (χ2v) is 10.7. The third kappa shape index (κ3) is 5.30. The van der Waals surface area contributed by atoms with Gasteiger partial charge in [0.1, 0.15) is 12.4 Å². The summed E-state index contributed by atoms with van der Waals surface area (Å²) in [5.41, 5.74) is 6.51. The van der Waals surface area contributed by atoms with E-state index in [-0.39, 0.29) is 45.7 Å². The van der Waals surface area contributed by atoms with Crippen molar-refractivity contribution in [2.45, 2.75) is 25.7 Å². The van der Waals surface area contributed by atoms with E-state index >= 15 is 0 Å². The van der Waals surface area contributed by atoms with Crippen molar-refractivity contribution in [2.24, 2.45) is 5.41 Å². The summed E-state index contributed by atoms with van der Waals surface area (Å²) in [6.45, 7) is 3.85. The smallest absolute Gasteiger partial charge is 0.255 e. The van der Waals surface area contributed by atoms with Gasteiger partial charge in [-0.15, -0.1) is 0 Å². The van der Waals surface area contributed by atoms with Gasteiger partial charge in [0.2, 0.25) is 0 Å². The molecule has 2 aliphatic heterocycles. The highest BCUT2D eigenvalue weighted by atomic mass is 35.5. The number of nitrogens with zero attached hydrogens (tertiary/aromatic N) is 1. The number of hydrogen-bond donors (Lipinski definition) is 2. The number of amides is 1. The van der Waals surface area contributed by atoms with Crippen LogP contribution in [0.2, 0.25) is 5.02 Å². The van der Waals surface area contributed by atoms with E-state index in [4.69, 9.17) is 22.1 Å². The average molecular weight is 430 g/mol. The number of fused-ring (bicyclic) bond motifs is 2. The molecule has 3 rings (SSSR count). The van der Waals surface area contributed by atoms with Crippen molar-refractivity contribution in [2.75, 3.05) is 50.5 Å². The summed E-state index contributed by atoms with van der Waals surface area (Å²) in [6.07, 6.45) is 5.68. The van der Waals surface area contributed by atoms with Crippen molar-refractivity contribution in [3.05, 3.63) is 22.7 Å². The Balaban J connectivity index is 1.70. The second-order valence-electron chi connectivity index (χ2n) is 8.01. The number of benzene rings is 1. The molecule has 1 amide bonds. The molecule has 2 aliphatic rings. The van der Waals surface area contributed by atoms with Crippen molar-refractivity contribution in [3.63, 3.8) is 0 Å². The van der Waals surface area contributed by atoms with Gasteiger partial charge in [-0.1, -0.05) is 11.6 Å². The zero-order valence-electron chi connectivity index (χ0n) is 16.2. The summed E-state index contributed by atoms with van der Waals surface area (Å²) in [5, 5.41) is 3.31. The number of anilines is 1. The molecule has 28 heavy (non-hydrogen) atoms. The molecule has 7 nitrogen and oxygen atoms in total. The lowest BCUT2D eigenvalue weighted by Crippen LogP contribution is -2.52. The Morgan fingerprint density at radius 2 is 2.00 bits per heavy atom. The van der Waals surface area contributed by atoms with Crippen LogP contribution >= 0.6 is 11.6 Å². The Morgan fingerprint density at radius 1 is 1.32 bits per heavy atom. The second kappa shape index (κ2) is 8.47. The minimum absolute atomic E-state index is 0.0565. The summed E-state index contributed by atoms with van der Waals surface area (Å²) in [5.74, 6) is -0.182. The standard InChI is InChI=1S/C19H28ClN3O4S/c1-28(25,26)9-8-27-17-11-16(21)15(20)10-14(17)18(24)22-12-19-4-2-6-23(13-19)7-3-5-19/h10-11H,2-9,12-13,21H2,1H3,(H,22,24). The predicted octanol–water partition coefficient (Wildman–Crippen LogP) is 1.95. The first kappa shape index (κ1) is 21.2. The van der Waals surface area contributed by atoms with Crippen LogP contribution in [0.15, 0.2) is 12.1 Å². The highest BCUT2D eigenvalue weighted by Gasteiger charge is 2.38. The monoisotopic (exact) mass is 429 g/mol. The molecule has 0 unspecified atom stereocenters. The number of rotatable bonds is 7. The SMILES string of the molecule is CS(=O)(=O)CCOc1cc(N)c(Cl)cc1C(=O)NCC12CCCN(CCC1)C2. The summed E-state index contributed by atoms with van der Waals surface area (Å²) in [6, 6.07) is 2.95. The molecule has 0 saturated carbocycles. The number of hydrogen-bond acceptors (Lipinski definition) is 6. The van der Waals surface area contributed by atoms with Gasteiger partial charge in [-0.3, -0.25) is 4.79 Å². The van der Waals surface area contributed by atoms with E-state index in [0.717, 1.165) is 51.6 Å². The zero-order chi connectivity index (χ0) is 20.4. The first-order chi connectivity index (χ1) is 13.2. The Hall–Kier alpha value is -1.51. The molecular weight excluding hydrogens is 402 g/mol. The van der Waals surface area contributed by atoms with Gasteiger partial charge in [0.15, 0.2) is 9.84 Å². The fourth-order valence-electron chi connectivity index (χ4n) is 4.15. The lowest BCUT2D eigenvalue weighted by Gasteiger charge is -2.47. The highest BCUT2D eigenvalue weighted by molar-refractivity contribution is 7.90. The Bertz CT molecular complexity index is 834. The summed E-state index contributed by atoms with van der Waals surface area (Å²) >= 11 is 6.11. The van der Waals surface area contributed by atoms with Crippen molar-refractivity contribution >= 4 is 33.0 Å². The number of nitrogen functional groups attached to an aromatic ring is 1. The summed E-state index contributed by atoms with van der Waals surface area (Å²) in [4.78, 5) is 15.3. The van der Waals surface area contributed by atoms with Gasteiger partial charge in [0, 0.05) is 30.8 Å². The Labute approximate surface area is 171 Å². The van der Waals surface area contributed by atoms with E-state index in [1.807, 2.05) is 0 Å². The number of nitrogens with one attached hydrogen (secondary N) is 1. The maximum Gasteiger partial charge on any atom is 0.255 e. The maximum absolute atomic E-state index is 12.9. The van der Waals surface area contributed by atoms with E-state index in [1.54, 1.807) is 0 Å². The molecule has 0 atom stereocenters. The van der Waals surface area contributed by atoms with Crippen LogP contribution in [0, 0.1) is 5.41 Å². The van der Waals surface area contributed by atoms with Crippen LogP contribution in [0.1, 0.15) is 36.0 Å². The molecule has 2 bridgehead atoms. The van der Waals surface area contributed by atoms with Crippen LogP contribution in [0.5, 0.6) is 5.75 Å². The molecule has 3 N–H and O–H groups in total. The fourth-order valence-corrected chi connectivity index (χ4v) is 4.70. The number of halogens is 1. The zero-order valence-corrected chi connectivity index (χ0v) is 17.7. The number of piperidine rings is 2. The van der Waals surface area contributed by atoms with E-state index < -0.39 is 9.84 Å². The first-order valence-electron chi connectivity index (χ1n) is 9.58. The van der Waals surface area contributed by atoms with Gasteiger partial charge in [-0.2, -0.15) is 0 Å². The van der Waals surface area contributed by atoms with Gasteiger partial charge < -0.3 is 20.7 Å². The highest BCUT2D eigenvalue weighted by Crippen LogP contribution is 2.38. The van der Waals surface area contributed by atoms with Crippen molar-refractivity contribution in [1.29, 1.82) is 0 Å². The van der Waals surface area contributed by atoms with Gasteiger partial charge in [-0.25, -0.2) is 8.42 Å². The van der Waals surface area contributed by atoms with Gasteiger partial charge in [-0.05, 0) is 44.8 Å². The van der Waals surface area contributed by atoms with E-state index in [0.29, 0.717) is 6.54 Å². The average Bonchev–Trinajstić information content (AvgIpc) is 2.61. The molecule has 156 valence electrons. The predicted molar refractivity (Wildman–Crippen MR) is 111 cm³/mol. The molecule has 0 radical (unpaired) electrons. The van der Waals surface area contributed by atoms with Crippen molar-refractivity contribution < 1.29 is 17.9 Å². The summed E-state index contributed by atoms with van der Waals surface area (Å²) < 4.78 is 28.2. The van der Waals surface area contributed by atoms with Crippen LogP contribution in [-0.2, 0) is 9.84 Å². The van der Waals surface area contributed by atoms with E-state index in [9.17, 15) is 13.2 Å². The van der Waals surface area contributed by atoms with Crippen molar-refractivity contribution in [3.8, 4) is 5.75 Å². The lowest BCUT2D eigenvalue weighted by molar-refractivity contribution is 0.0369. The number of ether oxygens (including phenoxy) is 1. The van der Waals surface area contributed by atoms with Crippen LogP contribution in [-0.4, -0.2) is 64.0 Å². The molecular formula is C19H28ClN3O4S. The van der Waals surface area contributed by atoms with Crippen LogP contribution in [0.3, 0.4) is 0 Å². The molecule has 0 aromatic heterocycles. The van der Waals surface area contributed by atoms with Gasteiger partial charge in [0.05, 0.1) is 22.0 Å². The molecule has 2 heterocycles. The molecule has 9 heteroatoms. The number of sulfone groups is 1. The van der Waals surface area contributed by atoms with E-state index in [1.165, 1.54) is 12.1 Å². The molecule has 1 aromatic rings. The summed E-state index contributed by atoms with van der Waals surface area (Å²) in [7, 11) is -3.17. The third-order valence-corrected chi connectivity index (χ3v) is 6.84. The number of nitrogens with two attached hydrogens (primary N) is 1. The van der Waals surface area contributed by atoms with Gasteiger partial charge in [0.25, 0.3) is 5.91 Å². The molecule has 2 fully saturated rings. The molecule has 0 spiro atoms. The molecule has 0 aliphatic carbocycles. The number of carbonyl (C=O) groups excluding carboxylic acids is 1.